The molecule has 0 saturated carbocycles. The fourth-order valence-corrected chi connectivity index (χ4v) is 3.10. The molecular weight excluding hydrogens is 394 g/mol. The lowest BCUT2D eigenvalue weighted by molar-refractivity contribution is 0.0689. The summed E-state index contributed by atoms with van der Waals surface area (Å²) in [4.78, 5) is 24.1. The largest absolute Gasteiger partial charge is 0.489 e. The van der Waals surface area contributed by atoms with Gasteiger partial charge in [-0.15, -0.1) is 0 Å². The fraction of sp³-hybridized carbons (Fsp3) is 0.167. The Morgan fingerprint density at radius 2 is 1.58 bits per heavy atom. The summed E-state index contributed by atoms with van der Waals surface area (Å²) in [6, 6.07) is 20.6. The average Bonchev–Trinajstić information content (AvgIpc) is 2.83. The Labute approximate surface area is 179 Å². The van der Waals surface area contributed by atoms with Crippen molar-refractivity contribution in [3.05, 3.63) is 107 Å². The first kappa shape index (κ1) is 20.3. The highest BCUT2D eigenvalue weighted by atomic mass is 16.5. The first-order chi connectivity index (χ1) is 15.2. The molecule has 1 atom stereocenters. The number of carboxylic acids is 1. The Bertz CT molecular complexity index is 1100. The van der Waals surface area contributed by atoms with Gasteiger partial charge >= 0.3 is 5.97 Å². The second-order valence-corrected chi connectivity index (χ2v) is 6.94. The van der Waals surface area contributed by atoms with E-state index in [2.05, 4.69) is 15.0 Å². The number of aromatic nitrogens is 2. The molecule has 4 rings (SSSR count). The average molecular weight is 415 g/mol. The first-order valence-corrected chi connectivity index (χ1v) is 9.85. The van der Waals surface area contributed by atoms with Gasteiger partial charge in [0.05, 0.1) is 6.21 Å². The number of benzene rings is 2. The maximum Gasteiger partial charge on any atom is 0.354 e. The Hall–Kier alpha value is -4.00. The number of hydrogen-bond acceptors (Lipinski definition) is 6. The van der Waals surface area contributed by atoms with Gasteiger partial charge in [0.2, 0.25) is 0 Å². The van der Waals surface area contributed by atoms with Crippen LogP contribution in [-0.2, 0) is 22.7 Å². The molecule has 1 unspecified atom stereocenters. The molecular formula is C24H21N3O4. The van der Waals surface area contributed by atoms with Crippen LogP contribution in [0.25, 0.3) is 0 Å². The molecule has 0 fully saturated rings. The summed E-state index contributed by atoms with van der Waals surface area (Å²) in [5, 5.41) is 9.21. The van der Waals surface area contributed by atoms with Crippen LogP contribution < -0.4 is 0 Å². The van der Waals surface area contributed by atoms with Crippen molar-refractivity contribution < 1.29 is 19.4 Å². The molecule has 0 spiro atoms. The standard InChI is InChI=1S/C24H21N3O4/c28-24(29)19-11-12-25-23(27-19)20-13-21(30-15-17-7-3-1-4-8-17)22(14-26-20)31-16-18-9-5-2-6-10-18/h1-12,14,20H,13,15-16H2,(H,28,29). The van der Waals surface area contributed by atoms with E-state index >= 15 is 0 Å². The number of dihydropyridines is 1. The van der Waals surface area contributed by atoms with Crippen molar-refractivity contribution in [3.63, 3.8) is 0 Å². The van der Waals surface area contributed by atoms with Crippen LogP contribution in [-0.4, -0.2) is 27.3 Å². The maximum atomic E-state index is 11.2. The molecule has 0 amide bonds. The van der Waals surface area contributed by atoms with Crippen molar-refractivity contribution in [3.8, 4) is 0 Å². The Kier molecular flexibility index (Phi) is 6.32. The molecule has 1 aliphatic heterocycles. The lowest BCUT2D eigenvalue weighted by Crippen LogP contribution is -2.15. The van der Waals surface area contributed by atoms with Gasteiger partial charge in [0.15, 0.2) is 17.3 Å². The highest BCUT2D eigenvalue weighted by Crippen LogP contribution is 2.30. The SMILES string of the molecule is O=C(O)c1ccnc(C2CC(OCc3ccccc3)=C(OCc3ccccc3)C=N2)n1. The number of carbonyl (C=O) groups is 1. The molecule has 31 heavy (non-hydrogen) atoms. The number of carboxylic acid groups (broad SMARTS) is 1. The second kappa shape index (κ2) is 9.67. The van der Waals surface area contributed by atoms with Crippen molar-refractivity contribution in [1.82, 2.24) is 9.97 Å². The van der Waals surface area contributed by atoms with E-state index in [4.69, 9.17) is 9.47 Å². The summed E-state index contributed by atoms with van der Waals surface area (Å²) >= 11 is 0. The highest BCUT2D eigenvalue weighted by molar-refractivity contribution is 5.85. The minimum absolute atomic E-state index is 0.0675. The van der Waals surface area contributed by atoms with Crippen molar-refractivity contribution in [2.75, 3.05) is 0 Å². The second-order valence-electron chi connectivity index (χ2n) is 6.94. The quantitative estimate of drug-likeness (QED) is 0.588. The van der Waals surface area contributed by atoms with E-state index in [1.165, 1.54) is 12.3 Å². The molecule has 0 aliphatic carbocycles. The van der Waals surface area contributed by atoms with E-state index in [-0.39, 0.29) is 5.69 Å². The van der Waals surface area contributed by atoms with E-state index in [0.29, 0.717) is 37.0 Å². The van der Waals surface area contributed by atoms with Crippen LogP contribution >= 0.6 is 0 Å². The van der Waals surface area contributed by atoms with Gasteiger partial charge in [-0.25, -0.2) is 14.8 Å². The lowest BCUT2D eigenvalue weighted by atomic mass is 10.1. The Balaban J connectivity index is 1.54. The molecule has 3 aromatic rings. The molecule has 2 heterocycles. The number of ether oxygens (including phenoxy) is 2. The number of nitrogens with zero attached hydrogens (tertiary/aromatic N) is 3. The third-order valence-corrected chi connectivity index (χ3v) is 4.71. The Morgan fingerprint density at radius 1 is 0.935 bits per heavy atom. The summed E-state index contributed by atoms with van der Waals surface area (Å²) in [6.07, 6.45) is 3.40. The van der Waals surface area contributed by atoms with Gasteiger partial charge in [-0.2, -0.15) is 0 Å². The minimum Gasteiger partial charge on any atom is -0.489 e. The van der Waals surface area contributed by atoms with Gasteiger partial charge < -0.3 is 14.6 Å². The molecule has 7 heteroatoms. The van der Waals surface area contributed by atoms with Crippen LogP contribution in [0.5, 0.6) is 0 Å². The number of hydrogen-bond donors (Lipinski definition) is 1. The predicted octanol–water partition coefficient (Wildman–Crippen LogP) is 4.34. The molecule has 2 aromatic carbocycles. The van der Waals surface area contributed by atoms with Crippen molar-refractivity contribution >= 4 is 12.2 Å². The zero-order valence-electron chi connectivity index (χ0n) is 16.7. The van der Waals surface area contributed by atoms with Crippen molar-refractivity contribution in [1.29, 1.82) is 0 Å². The normalized spacial score (nSPS) is 15.5. The van der Waals surface area contributed by atoms with Crippen LogP contribution in [0.2, 0.25) is 0 Å². The summed E-state index contributed by atoms with van der Waals surface area (Å²) in [5.74, 6) is 0.403. The zero-order valence-corrected chi connectivity index (χ0v) is 16.7. The topological polar surface area (TPSA) is 93.9 Å². The number of aliphatic imine (C=N–C) groups is 1. The maximum absolute atomic E-state index is 11.2. The number of rotatable bonds is 8. The van der Waals surface area contributed by atoms with Crippen LogP contribution in [0.15, 0.2) is 89.4 Å². The molecule has 0 radical (unpaired) electrons. The predicted molar refractivity (Wildman–Crippen MR) is 114 cm³/mol. The summed E-state index contributed by atoms with van der Waals surface area (Å²) < 4.78 is 12.1. The van der Waals surface area contributed by atoms with Crippen molar-refractivity contribution in [2.24, 2.45) is 4.99 Å². The van der Waals surface area contributed by atoms with Crippen LogP contribution in [0.1, 0.15) is 39.9 Å². The monoisotopic (exact) mass is 415 g/mol. The van der Waals surface area contributed by atoms with E-state index < -0.39 is 12.0 Å². The van der Waals surface area contributed by atoms with Crippen LogP contribution in [0.3, 0.4) is 0 Å². The summed E-state index contributed by atoms with van der Waals surface area (Å²) in [6.45, 7) is 0.765. The number of allylic oxidation sites excluding steroid dienone is 1. The molecule has 1 aliphatic rings. The van der Waals surface area contributed by atoms with Crippen molar-refractivity contribution in [2.45, 2.75) is 25.7 Å². The van der Waals surface area contributed by atoms with Gasteiger partial charge in [-0.3, -0.25) is 4.99 Å². The molecule has 0 saturated heterocycles. The van der Waals surface area contributed by atoms with Gasteiger partial charge in [-0.05, 0) is 17.2 Å². The first-order valence-electron chi connectivity index (χ1n) is 9.85. The lowest BCUT2D eigenvalue weighted by Gasteiger charge is -2.22. The van der Waals surface area contributed by atoms with E-state index in [1.807, 2.05) is 60.7 Å². The molecule has 7 nitrogen and oxygen atoms in total. The summed E-state index contributed by atoms with van der Waals surface area (Å²) in [7, 11) is 0. The molecule has 156 valence electrons. The van der Waals surface area contributed by atoms with Crippen LogP contribution in [0, 0.1) is 0 Å². The number of aromatic carboxylic acids is 1. The third kappa shape index (κ3) is 5.33. The third-order valence-electron chi connectivity index (χ3n) is 4.71. The highest BCUT2D eigenvalue weighted by Gasteiger charge is 2.25. The Morgan fingerprint density at radius 3 is 2.23 bits per heavy atom. The van der Waals surface area contributed by atoms with E-state index in [1.54, 1.807) is 6.21 Å². The smallest absolute Gasteiger partial charge is 0.354 e. The molecule has 1 aromatic heterocycles. The minimum atomic E-state index is -1.11. The zero-order chi connectivity index (χ0) is 21.5. The summed E-state index contributed by atoms with van der Waals surface area (Å²) in [5.41, 5.74) is 1.99. The molecule has 0 bridgehead atoms. The van der Waals surface area contributed by atoms with Gasteiger partial charge in [0, 0.05) is 12.6 Å². The van der Waals surface area contributed by atoms with E-state index in [0.717, 1.165) is 11.1 Å². The van der Waals surface area contributed by atoms with Gasteiger partial charge in [0.25, 0.3) is 0 Å². The fourth-order valence-electron chi connectivity index (χ4n) is 3.10. The van der Waals surface area contributed by atoms with Gasteiger partial charge in [-0.1, -0.05) is 60.7 Å². The van der Waals surface area contributed by atoms with Crippen LogP contribution in [0.4, 0.5) is 0 Å². The van der Waals surface area contributed by atoms with Gasteiger partial charge in [0.1, 0.15) is 25.0 Å². The van der Waals surface area contributed by atoms with E-state index in [9.17, 15) is 9.90 Å². The molecule has 1 N–H and O–H groups in total.